The summed E-state index contributed by atoms with van der Waals surface area (Å²) in [7, 11) is 0. The van der Waals surface area contributed by atoms with Crippen LogP contribution in [0.5, 0.6) is 0 Å². The highest BCUT2D eigenvalue weighted by Crippen LogP contribution is 2.17. The van der Waals surface area contributed by atoms with Crippen molar-refractivity contribution in [3.63, 3.8) is 0 Å². The first-order valence-electron chi connectivity index (χ1n) is 3.93. The van der Waals surface area contributed by atoms with E-state index in [9.17, 15) is 9.59 Å². The molecule has 1 rings (SSSR count). The summed E-state index contributed by atoms with van der Waals surface area (Å²) < 4.78 is 0. The second kappa shape index (κ2) is 6.38. The van der Waals surface area contributed by atoms with Crippen LogP contribution in [0.25, 0.3) is 0 Å². The van der Waals surface area contributed by atoms with Crippen molar-refractivity contribution < 1.29 is 19.8 Å². The summed E-state index contributed by atoms with van der Waals surface area (Å²) in [6.07, 6.45) is 2.29. The summed E-state index contributed by atoms with van der Waals surface area (Å²) in [6.45, 7) is -0.162. The molecule has 0 radical (unpaired) electrons. The van der Waals surface area contributed by atoms with Crippen molar-refractivity contribution in [3.8, 4) is 0 Å². The van der Waals surface area contributed by atoms with Gasteiger partial charge in [-0.05, 0) is 12.8 Å². The molecule has 0 atom stereocenters. The van der Waals surface area contributed by atoms with Crippen LogP contribution >= 0.6 is 0 Å². The topological polar surface area (TPSA) is 113 Å². The zero-order valence-electron chi connectivity index (χ0n) is 7.19. The van der Waals surface area contributed by atoms with E-state index < -0.39 is 11.9 Å². The molecule has 5 N–H and O–H groups in total. The largest absolute Gasteiger partial charge is 0.480 e. The summed E-state index contributed by atoms with van der Waals surface area (Å²) in [5, 5.41) is 18.6. The first kappa shape index (κ1) is 11.9. The van der Waals surface area contributed by atoms with Gasteiger partial charge < -0.3 is 21.3 Å². The van der Waals surface area contributed by atoms with Gasteiger partial charge in [-0.15, -0.1) is 0 Å². The van der Waals surface area contributed by atoms with Crippen LogP contribution in [0.3, 0.4) is 0 Å². The van der Waals surface area contributed by atoms with Crippen LogP contribution in [-0.4, -0.2) is 41.3 Å². The molecule has 0 bridgehead atoms. The molecule has 0 aromatic heterocycles. The van der Waals surface area contributed by atoms with E-state index in [2.05, 4.69) is 11.1 Å². The number of nitrogens with two attached hydrogens (primary N) is 1. The summed E-state index contributed by atoms with van der Waals surface area (Å²) in [6, 6.07) is 0.506. The van der Waals surface area contributed by atoms with Crippen LogP contribution in [0.15, 0.2) is 0 Å². The molecular formula is C7H14N2O4. The highest BCUT2D eigenvalue weighted by Gasteiger charge is 2.20. The maximum atomic E-state index is 9.87. The van der Waals surface area contributed by atoms with Gasteiger partial charge in [0.05, 0.1) is 13.1 Å². The minimum atomic E-state index is -0.968. The Morgan fingerprint density at radius 2 is 1.77 bits per heavy atom. The van der Waals surface area contributed by atoms with E-state index in [0.29, 0.717) is 6.04 Å². The zero-order valence-corrected chi connectivity index (χ0v) is 7.19. The monoisotopic (exact) mass is 190 g/mol. The SMILES string of the molecule is NCC(=O)O.O=C(O)CNC1CC1. The molecule has 1 saturated carbocycles. The maximum Gasteiger partial charge on any atom is 0.317 e. The Labute approximate surface area is 75.7 Å². The molecule has 76 valence electrons. The minimum absolute atomic E-state index is 0.116. The fourth-order valence-electron chi connectivity index (χ4n) is 0.519. The third kappa shape index (κ3) is 10.9. The van der Waals surface area contributed by atoms with Gasteiger partial charge in [-0.25, -0.2) is 0 Å². The molecule has 0 aliphatic heterocycles. The van der Waals surface area contributed by atoms with Crippen molar-refractivity contribution in [2.45, 2.75) is 18.9 Å². The number of aliphatic carboxylic acids is 2. The predicted molar refractivity (Wildman–Crippen MR) is 45.4 cm³/mol. The average Bonchev–Trinajstić information content (AvgIpc) is 2.85. The van der Waals surface area contributed by atoms with Crippen molar-refractivity contribution in [3.05, 3.63) is 0 Å². The Morgan fingerprint density at radius 1 is 1.31 bits per heavy atom. The molecule has 0 spiro atoms. The Balaban J connectivity index is 0.000000252. The molecule has 0 aromatic rings. The van der Waals surface area contributed by atoms with Crippen LogP contribution in [-0.2, 0) is 9.59 Å². The zero-order chi connectivity index (χ0) is 10.3. The van der Waals surface area contributed by atoms with Gasteiger partial charge in [-0.2, -0.15) is 0 Å². The lowest BCUT2D eigenvalue weighted by Gasteiger charge is -1.93. The van der Waals surface area contributed by atoms with E-state index >= 15 is 0 Å². The molecule has 0 saturated heterocycles. The second-order valence-corrected chi connectivity index (χ2v) is 2.65. The van der Waals surface area contributed by atoms with Gasteiger partial charge >= 0.3 is 11.9 Å². The number of nitrogens with one attached hydrogen (secondary N) is 1. The third-order valence-electron chi connectivity index (χ3n) is 1.29. The molecule has 1 fully saturated rings. The standard InChI is InChI=1S/C5H9NO2.C2H5NO2/c7-5(8)3-6-4-1-2-4;3-1-2(4)5/h4,6H,1-3H2,(H,7,8);1,3H2,(H,4,5). The van der Waals surface area contributed by atoms with Crippen molar-refractivity contribution in [1.82, 2.24) is 5.32 Å². The summed E-state index contributed by atoms with van der Waals surface area (Å²) in [5.41, 5.74) is 4.57. The van der Waals surface area contributed by atoms with Crippen molar-refractivity contribution in [2.75, 3.05) is 13.1 Å². The van der Waals surface area contributed by atoms with E-state index in [-0.39, 0.29) is 13.1 Å². The lowest BCUT2D eigenvalue weighted by Crippen LogP contribution is -2.24. The van der Waals surface area contributed by atoms with E-state index in [4.69, 9.17) is 10.2 Å². The normalized spacial score (nSPS) is 14.2. The Bertz CT molecular complexity index is 179. The highest BCUT2D eigenvalue weighted by atomic mass is 16.4. The molecule has 0 aromatic carbocycles. The van der Waals surface area contributed by atoms with Crippen LogP contribution in [0.2, 0.25) is 0 Å². The molecule has 6 nitrogen and oxygen atoms in total. The molecule has 13 heavy (non-hydrogen) atoms. The summed E-state index contributed by atoms with van der Waals surface area (Å²) in [5.74, 6) is -1.73. The van der Waals surface area contributed by atoms with Gasteiger partial charge in [0, 0.05) is 6.04 Å². The Kier molecular flexibility index (Phi) is 5.82. The fraction of sp³-hybridized carbons (Fsp3) is 0.714. The van der Waals surface area contributed by atoms with Crippen LogP contribution < -0.4 is 11.1 Å². The number of carboxylic acid groups (broad SMARTS) is 2. The predicted octanol–water partition coefficient (Wildman–Crippen LogP) is -1.15. The summed E-state index contributed by atoms with van der Waals surface area (Å²) in [4.78, 5) is 19.1. The van der Waals surface area contributed by atoms with Crippen LogP contribution in [0.4, 0.5) is 0 Å². The van der Waals surface area contributed by atoms with Crippen LogP contribution in [0, 0.1) is 0 Å². The molecule has 6 heteroatoms. The van der Waals surface area contributed by atoms with Gasteiger partial charge in [0.2, 0.25) is 0 Å². The number of hydrogen-bond donors (Lipinski definition) is 4. The van der Waals surface area contributed by atoms with Gasteiger partial charge in [-0.3, -0.25) is 9.59 Å². The Morgan fingerprint density at radius 3 is 2.00 bits per heavy atom. The average molecular weight is 190 g/mol. The number of hydrogen-bond acceptors (Lipinski definition) is 4. The Hall–Kier alpha value is -1.14. The van der Waals surface area contributed by atoms with E-state index in [1.807, 2.05) is 0 Å². The smallest absolute Gasteiger partial charge is 0.317 e. The molecule has 0 unspecified atom stereocenters. The molecule has 1 aliphatic carbocycles. The van der Waals surface area contributed by atoms with Crippen LogP contribution in [0.1, 0.15) is 12.8 Å². The van der Waals surface area contributed by atoms with Gasteiger partial charge in [0.15, 0.2) is 0 Å². The van der Waals surface area contributed by atoms with E-state index in [0.717, 1.165) is 12.8 Å². The molecule has 0 heterocycles. The first-order valence-corrected chi connectivity index (χ1v) is 3.93. The second-order valence-electron chi connectivity index (χ2n) is 2.65. The minimum Gasteiger partial charge on any atom is -0.480 e. The third-order valence-corrected chi connectivity index (χ3v) is 1.29. The number of rotatable bonds is 4. The van der Waals surface area contributed by atoms with Crippen molar-refractivity contribution in [2.24, 2.45) is 5.73 Å². The highest BCUT2D eigenvalue weighted by molar-refractivity contribution is 5.69. The van der Waals surface area contributed by atoms with Crippen molar-refractivity contribution in [1.29, 1.82) is 0 Å². The van der Waals surface area contributed by atoms with Gasteiger partial charge in [0.1, 0.15) is 0 Å². The fourth-order valence-corrected chi connectivity index (χ4v) is 0.519. The summed E-state index contributed by atoms with van der Waals surface area (Å²) >= 11 is 0. The quantitative estimate of drug-likeness (QED) is 0.445. The van der Waals surface area contributed by atoms with Crippen molar-refractivity contribution >= 4 is 11.9 Å². The number of carboxylic acids is 2. The molecule has 0 amide bonds. The van der Waals surface area contributed by atoms with Gasteiger partial charge in [0.25, 0.3) is 0 Å². The van der Waals surface area contributed by atoms with Gasteiger partial charge in [-0.1, -0.05) is 0 Å². The maximum absolute atomic E-state index is 9.87. The first-order chi connectivity index (χ1) is 6.06. The lowest BCUT2D eigenvalue weighted by molar-refractivity contribution is -0.136. The van der Waals surface area contributed by atoms with E-state index in [1.165, 1.54) is 0 Å². The lowest BCUT2D eigenvalue weighted by atomic mass is 10.6. The molecule has 1 aliphatic rings. The molecular weight excluding hydrogens is 176 g/mol. The number of carbonyl (C=O) groups is 2. The van der Waals surface area contributed by atoms with E-state index in [1.54, 1.807) is 0 Å².